The fourth-order valence-electron chi connectivity index (χ4n) is 3.18. The Morgan fingerprint density at radius 3 is 2.25 bits per heavy atom. The van der Waals surface area contributed by atoms with E-state index in [9.17, 15) is 13.2 Å². The van der Waals surface area contributed by atoms with Crippen LogP contribution in [0.1, 0.15) is 42.9 Å². The topological polar surface area (TPSA) is 75.3 Å². The van der Waals surface area contributed by atoms with E-state index < -0.39 is 10.0 Å². The van der Waals surface area contributed by atoms with Gasteiger partial charge in [0.2, 0.25) is 15.9 Å². The molecule has 4 rings (SSSR count). The Morgan fingerprint density at radius 1 is 0.964 bits per heavy atom. The van der Waals surface area contributed by atoms with Crippen LogP contribution in [0.4, 0.5) is 0 Å². The number of sulfonamides is 1. The minimum Gasteiger partial charge on any atom is -0.345 e. The van der Waals surface area contributed by atoms with Gasteiger partial charge in [0.05, 0.1) is 10.9 Å². The molecule has 0 spiro atoms. The summed E-state index contributed by atoms with van der Waals surface area (Å²) in [5.74, 6) is 0.357. The van der Waals surface area contributed by atoms with E-state index in [0.29, 0.717) is 5.92 Å². The molecule has 0 heterocycles. The Kier molecular flexibility index (Phi) is 5.33. The molecule has 2 aliphatic rings. The lowest BCUT2D eigenvalue weighted by Gasteiger charge is -2.17. The Bertz CT molecular complexity index is 961. The fourth-order valence-corrected chi connectivity index (χ4v) is 4.49. The molecule has 0 aliphatic heterocycles. The molecular weight excluding hydrogens is 372 g/mol. The van der Waals surface area contributed by atoms with Crippen LogP contribution in [0.25, 0.3) is 6.08 Å². The molecule has 2 N–H and O–H groups in total. The van der Waals surface area contributed by atoms with Crippen molar-refractivity contribution in [2.75, 3.05) is 0 Å². The summed E-state index contributed by atoms with van der Waals surface area (Å²) in [6.07, 6.45) is 7.28. The third-order valence-corrected chi connectivity index (χ3v) is 6.60. The Balaban J connectivity index is 1.38. The second kappa shape index (κ2) is 7.89. The first-order chi connectivity index (χ1) is 13.5. The lowest BCUT2D eigenvalue weighted by atomic mass is 10.0. The molecule has 0 saturated heterocycles. The fraction of sp³-hybridized carbons (Fsp3) is 0.318. The highest BCUT2D eigenvalue weighted by Gasteiger charge is 2.33. The number of hydrogen-bond donors (Lipinski definition) is 2. The van der Waals surface area contributed by atoms with Crippen molar-refractivity contribution in [1.29, 1.82) is 0 Å². The van der Waals surface area contributed by atoms with Crippen LogP contribution in [-0.4, -0.2) is 20.4 Å². The predicted octanol–water partition coefficient (Wildman–Crippen LogP) is 3.41. The number of carbonyl (C=O) groups excluding carboxylic acids is 1. The van der Waals surface area contributed by atoms with Crippen LogP contribution in [-0.2, 0) is 14.8 Å². The number of hydrogen-bond acceptors (Lipinski definition) is 3. The second-order valence-electron chi connectivity index (χ2n) is 7.53. The average Bonchev–Trinajstić information content (AvgIpc) is 3.60. The van der Waals surface area contributed by atoms with Crippen molar-refractivity contribution in [2.45, 2.75) is 42.7 Å². The van der Waals surface area contributed by atoms with Gasteiger partial charge in [-0.2, -0.15) is 0 Å². The van der Waals surface area contributed by atoms with Crippen LogP contribution >= 0.6 is 0 Å². The zero-order valence-electron chi connectivity index (χ0n) is 15.5. The van der Waals surface area contributed by atoms with Crippen LogP contribution in [0, 0.1) is 5.92 Å². The summed E-state index contributed by atoms with van der Waals surface area (Å²) in [7, 11) is -3.45. The molecular formula is C22H24N2O3S. The maximum absolute atomic E-state index is 12.4. The van der Waals surface area contributed by atoms with Crippen LogP contribution in [0.15, 0.2) is 65.6 Å². The van der Waals surface area contributed by atoms with Crippen LogP contribution in [0.3, 0.4) is 0 Å². The van der Waals surface area contributed by atoms with Crippen molar-refractivity contribution in [3.8, 4) is 0 Å². The summed E-state index contributed by atoms with van der Waals surface area (Å²) in [6.45, 7) is 0. The molecule has 2 aromatic carbocycles. The Morgan fingerprint density at radius 2 is 1.64 bits per heavy atom. The number of carbonyl (C=O) groups is 1. The normalized spacial score (nSPS) is 18.1. The van der Waals surface area contributed by atoms with Crippen molar-refractivity contribution in [2.24, 2.45) is 5.92 Å². The molecule has 2 saturated carbocycles. The molecule has 5 nitrogen and oxygen atoms in total. The molecule has 1 atom stereocenters. The molecule has 146 valence electrons. The summed E-state index contributed by atoms with van der Waals surface area (Å²) in [5, 5.41) is 3.10. The lowest BCUT2D eigenvalue weighted by molar-refractivity contribution is -0.117. The smallest absolute Gasteiger partial charge is 0.244 e. The molecule has 0 radical (unpaired) electrons. The van der Waals surface area contributed by atoms with Crippen molar-refractivity contribution in [3.05, 3.63) is 71.8 Å². The van der Waals surface area contributed by atoms with Crippen molar-refractivity contribution >= 4 is 22.0 Å². The van der Waals surface area contributed by atoms with Gasteiger partial charge >= 0.3 is 0 Å². The monoisotopic (exact) mass is 396 g/mol. The highest BCUT2D eigenvalue weighted by molar-refractivity contribution is 7.89. The van der Waals surface area contributed by atoms with Gasteiger partial charge in [-0.15, -0.1) is 0 Å². The largest absolute Gasteiger partial charge is 0.345 e. The lowest BCUT2D eigenvalue weighted by Crippen LogP contribution is -2.28. The quantitative estimate of drug-likeness (QED) is 0.672. The van der Waals surface area contributed by atoms with Crippen LogP contribution in [0.2, 0.25) is 0 Å². The van der Waals surface area contributed by atoms with Gasteiger partial charge in [0.25, 0.3) is 0 Å². The standard InChI is InChI=1S/C22H24N2O3S/c25-21(23-22(18-9-10-18)17-4-2-1-3-5-17)15-8-16-6-13-20(14-7-16)28(26,27)24-19-11-12-19/h1-8,13-15,18-19,22,24H,9-12H2,(H,23,25)/b15-8+. The summed E-state index contributed by atoms with van der Waals surface area (Å²) < 4.78 is 27.0. The molecule has 6 heteroatoms. The highest BCUT2D eigenvalue weighted by atomic mass is 32.2. The number of rotatable bonds is 8. The van der Waals surface area contributed by atoms with Gasteiger partial charge in [0.1, 0.15) is 0 Å². The highest BCUT2D eigenvalue weighted by Crippen LogP contribution is 2.40. The van der Waals surface area contributed by atoms with Gasteiger partial charge in [-0.05, 0) is 60.9 Å². The third-order valence-electron chi connectivity index (χ3n) is 5.07. The molecule has 1 unspecified atom stereocenters. The van der Waals surface area contributed by atoms with E-state index in [2.05, 4.69) is 10.0 Å². The number of amides is 1. The minimum atomic E-state index is -3.45. The van der Waals surface area contributed by atoms with E-state index in [1.165, 1.54) is 6.08 Å². The summed E-state index contributed by atoms with van der Waals surface area (Å²) in [4.78, 5) is 12.6. The zero-order chi connectivity index (χ0) is 19.6. The van der Waals surface area contributed by atoms with Gasteiger partial charge in [-0.3, -0.25) is 4.79 Å². The van der Waals surface area contributed by atoms with E-state index in [4.69, 9.17) is 0 Å². The Labute approximate surface area is 165 Å². The molecule has 1 amide bonds. The molecule has 0 aromatic heterocycles. The SMILES string of the molecule is O=C(/C=C/c1ccc(S(=O)(=O)NC2CC2)cc1)NC(c1ccccc1)C1CC1. The third kappa shape index (κ3) is 4.88. The average molecular weight is 397 g/mol. The van der Waals surface area contributed by atoms with Crippen molar-refractivity contribution in [1.82, 2.24) is 10.0 Å². The first kappa shape index (κ1) is 18.9. The summed E-state index contributed by atoms with van der Waals surface area (Å²) >= 11 is 0. The van der Waals surface area contributed by atoms with E-state index in [1.807, 2.05) is 30.3 Å². The van der Waals surface area contributed by atoms with E-state index in [1.54, 1.807) is 30.3 Å². The van der Waals surface area contributed by atoms with Gasteiger partial charge in [-0.1, -0.05) is 42.5 Å². The summed E-state index contributed by atoms with van der Waals surface area (Å²) in [5.41, 5.74) is 1.91. The first-order valence-corrected chi connectivity index (χ1v) is 11.2. The van der Waals surface area contributed by atoms with Crippen molar-refractivity contribution in [3.63, 3.8) is 0 Å². The molecule has 2 aromatic rings. The maximum Gasteiger partial charge on any atom is 0.244 e. The molecule has 28 heavy (non-hydrogen) atoms. The van der Waals surface area contributed by atoms with E-state index in [0.717, 1.165) is 36.8 Å². The first-order valence-electron chi connectivity index (χ1n) is 9.67. The number of benzene rings is 2. The van der Waals surface area contributed by atoms with Gasteiger partial charge in [0.15, 0.2) is 0 Å². The van der Waals surface area contributed by atoms with E-state index in [-0.39, 0.29) is 22.9 Å². The predicted molar refractivity (Wildman–Crippen MR) is 109 cm³/mol. The minimum absolute atomic E-state index is 0.0411. The summed E-state index contributed by atoms with van der Waals surface area (Å²) in [6, 6.07) is 16.7. The van der Waals surface area contributed by atoms with Crippen LogP contribution < -0.4 is 10.0 Å². The zero-order valence-corrected chi connectivity index (χ0v) is 16.4. The molecule has 2 fully saturated rings. The van der Waals surface area contributed by atoms with Gasteiger partial charge < -0.3 is 5.32 Å². The second-order valence-corrected chi connectivity index (χ2v) is 9.25. The van der Waals surface area contributed by atoms with Crippen LogP contribution in [0.5, 0.6) is 0 Å². The van der Waals surface area contributed by atoms with Crippen molar-refractivity contribution < 1.29 is 13.2 Å². The van der Waals surface area contributed by atoms with Gasteiger partial charge in [-0.25, -0.2) is 13.1 Å². The van der Waals surface area contributed by atoms with E-state index >= 15 is 0 Å². The molecule has 2 aliphatic carbocycles. The number of nitrogens with one attached hydrogen (secondary N) is 2. The van der Waals surface area contributed by atoms with Gasteiger partial charge in [0, 0.05) is 12.1 Å². The maximum atomic E-state index is 12.4. The Hall–Kier alpha value is -2.44. The molecule has 0 bridgehead atoms.